The van der Waals surface area contributed by atoms with Gasteiger partial charge in [-0.15, -0.1) is 0 Å². The largest absolute Gasteiger partial charge is 0.300 e. The first-order valence-corrected chi connectivity index (χ1v) is 5.21. The average molecular weight is 179 g/mol. The summed E-state index contributed by atoms with van der Waals surface area (Å²) in [5.74, 6) is 0.436. The molecule has 2 unspecified atom stereocenters. The number of Topliss-reactive ketones (excluding diaryl/α,β-unsaturated/α-hetero) is 1. The van der Waals surface area contributed by atoms with Gasteiger partial charge in [-0.05, 0) is 19.8 Å². The quantitative estimate of drug-likeness (QED) is 0.572. The molecule has 72 valence electrons. The third-order valence-corrected chi connectivity index (χ3v) is 3.15. The molecule has 1 saturated heterocycles. The van der Waals surface area contributed by atoms with Crippen molar-refractivity contribution in [1.82, 2.24) is 4.90 Å². The molecule has 2 heteroatoms. The van der Waals surface area contributed by atoms with Gasteiger partial charge in [0.25, 0.3) is 0 Å². The molecule has 2 atom stereocenters. The van der Waals surface area contributed by atoms with Crippen LogP contribution in [0.4, 0.5) is 0 Å². The summed E-state index contributed by atoms with van der Waals surface area (Å²) in [5, 5.41) is 0. The van der Waals surface area contributed by atoms with Gasteiger partial charge in [-0.3, -0.25) is 9.69 Å². The van der Waals surface area contributed by atoms with E-state index in [9.17, 15) is 4.79 Å². The van der Waals surface area contributed by atoms with Gasteiger partial charge in [0.1, 0.15) is 5.78 Å². The van der Waals surface area contributed by atoms with Crippen LogP contribution in [-0.2, 0) is 4.79 Å². The van der Waals surface area contributed by atoms with Crippen LogP contribution in [0.15, 0.2) is 12.2 Å². The maximum absolute atomic E-state index is 11.2. The first kappa shape index (κ1) is 8.95. The van der Waals surface area contributed by atoms with Crippen LogP contribution >= 0.6 is 0 Å². The van der Waals surface area contributed by atoms with Crippen molar-refractivity contribution in [2.24, 2.45) is 0 Å². The predicted molar refractivity (Wildman–Crippen MR) is 52.6 cm³/mol. The molecular weight excluding hydrogens is 162 g/mol. The van der Waals surface area contributed by atoms with Gasteiger partial charge in [-0.25, -0.2) is 0 Å². The summed E-state index contributed by atoms with van der Waals surface area (Å²) in [6.45, 7) is 3.14. The highest BCUT2D eigenvalue weighted by atomic mass is 16.1. The van der Waals surface area contributed by atoms with Gasteiger partial charge < -0.3 is 0 Å². The van der Waals surface area contributed by atoms with Crippen LogP contribution in [0.25, 0.3) is 0 Å². The fourth-order valence-corrected chi connectivity index (χ4v) is 2.41. The molecule has 0 saturated carbocycles. The van der Waals surface area contributed by atoms with E-state index < -0.39 is 0 Å². The molecule has 0 aromatic heterocycles. The van der Waals surface area contributed by atoms with Crippen molar-refractivity contribution in [3.8, 4) is 0 Å². The molecule has 1 heterocycles. The smallest absolute Gasteiger partial charge is 0.135 e. The lowest BCUT2D eigenvalue weighted by atomic mass is 10.00. The lowest BCUT2D eigenvalue weighted by Gasteiger charge is -2.36. The van der Waals surface area contributed by atoms with Crippen molar-refractivity contribution < 1.29 is 4.79 Å². The fourth-order valence-electron chi connectivity index (χ4n) is 2.41. The molecule has 2 nitrogen and oxygen atoms in total. The highest BCUT2D eigenvalue weighted by Crippen LogP contribution is 2.23. The van der Waals surface area contributed by atoms with Crippen molar-refractivity contribution in [1.29, 1.82) is 0 Å². The third kappa shape index (κ3) is 1.83. The number of likely N-dealkylation sites (tertiary alicyclic amines) is 1. The summed E-state index contributed by atoms with van der Waals surface area (Å²) in [7, 11) is 0. The second kappa shape index (κ2) is 3.62. The van der Waals surface area contributed by atoms with Crippen molar-refractivity contribution in [2.45, 2.75) is 44.7 Å². The number of piperidine rings is 1. The number of rotatable bonds is 1. The van der Waals surface area contributed by atoms with Crippen LogP contribution in [0.3, 0.4) is 0 Å². The van der Waals surface area contributed by atoms with Gasteiger partial charge in [-0.2, -0.15) is 0 Å². The summed E-state index contributed by atoms with van der Waals surface area (Å²) in [4.78, 5) is 13.7. The number of allylic oxidation sites excluding steroid dienone is 1. The zero-order valence-electron chi connectivity index (χ0n) is 8.20. The van der Waals surface area contributed by atoms with Crippen molar-refractivity contribution in [3.05, 3.63) is 12.2 Å². The summed E-state index contributed by atoms with van der Waals surface area (Å²) >= 11 is 0. The Labute approximate surface area is 79.6 Å². The Morgan fingerprint density at radius 1 is 1.54 bits per heavy atom. The summed E-state index contributed by atoms with van der Waals surface area (Å²) in [6, 6.07) is 1.07. The first-order chi connectivity index (χ1) is 6.27. The third-order valence-electron chi connectivity index (χ3n) is 3.15. The Hall–Kier alpha value is -0.630. The topological polar surface area (TPSA) is 20.3 Å². The lowest BCUT2D eigenvalue weighted by Crippen LogP contribution is -2.45. The molecule has 0 bridgehead atoms. The van der Waals surface area contributed by atoms with E-state index in [0.29, 0.717) is 17.9 Å². The first-order valence-electron chi connectivity index (χ1n) is 5.21. The van der Waals surface area contributed by atoms with Crippen LogP contribution in [0.2, 0.25) is 0 Å². The van der Waals surface area contributed by atoms with Gasteiger partial charge in [0, 0.05) is 31.5 Å². The van der Waals surface area contributed by atoms with Crippen molar-refractivity contribution in [3.63, 3.8) is 0 Å². The van der Waals surface area contributed by atoms with E-state index in [-0.39, 0.29) is 0 Å². The zero-order chi connectivity index (χ0) is 9.26. The highest BCUT2D eigenvalue weighted by Gasteiger charge is 2.28. The number of carbonyl (C=O) groups excluding carboxylic acids is 1. The summed E-state index contributed by atoms with van der Waals surface area (Å²) in [6.07, 6.45) is 8.53. The molecular formula is C11H17NO. The van der Waals surface area contributed by atoms with E-state index in [1.165, 1.54) is 12.8 Å². The molecule has 0 aromatic rings. The standard InChI is InChI=1S/C11H17NO/c1-9-8-11(13)6-7-12(9)10-4-2-3-5-10/h2,4,9-10H,3,5-8H2,1H3. The minimum Gasteiger partial charge on any atom is -0.300 e. The number of hydrogen-bond donors (Lipinski definition) is 0. The maximum atomic E-state index is 11.2. The minimum atomic E-state index is 0.436. The van der Waals surface area contributed by atoms with Crippen LogP contribution < -0.4 is 0 Å². The van der Waals surface area contributed by atoms with Gasteiger partial charge in [0.15, 0.2) is 0 Å². The molecule has 0 aromatic carbocycles. The number of carbonyl (C=O) groups is 1. The predicted octanol–water partition coefficient (Wildman–Crippen LogP) is 1.76. The Bertz CT molecular complexity index is 234. The molecule has 2 rings (SSSR count). The van der Waals surface area contributed by atoms with E-state index in [2.05, 4.69) is 24.0 Å². The van der Waals surface area contributed by atoms with E-state index in [1.807, 2.05) is 0 Å². The molecule has 1 aliphatic heterocycles. The fraction of sp³-hybridized carbons (Fsp3) is 0.727. The molecule has 2 aliphatic rings. The summed E-state index contributed by atoms with van der Waals surface area (Å²) in [5.41, 5.74) is 0. The van der Waals surface area contributed by atoms with Gasteiger partial charge in [0.2, 0.25) is 0 Å². The Kier molecular flexibility index (Phi) is 2.49. The maximum Gasteiger partial charge on any atom is 0.135 e. The average Bonchev–Trinajstić information content (AvgIpc) is 2.56. The minimum absolute atomic E-state index is 0.436. The van der Waals surface area contributed by atoms with Crippen LogP contribution in [-0.4, -0.2) is 29.3 Å². The van der Waals surface area contributed by atoms with E-state index >= 15 is 0 Å². The number of nitrogens with zero attached hydrogens (tertiary/aromatic N) is 1. The van der Waals surface area contributed by atoms with E-state index in [0.717, 1.165) is 19.4 Å². The van der Waals surface area contributed by atoms with E-state index in [4.69, 9.17) is 0 Å². The Morgan fingerprint density at radius 3 is 3.00 bits per heavy atom. The molecule has 0 N–H and O–H groups in total. The molecule has 0 radical (unpaired) electrons. The van der Waals surface area contributed by atoms with Crippen LogP contribution in [0.1, 0.15) is 32.6 Å². The van der Waals surface area contributed by atoms with Crippen molar-refractivity contribution >= 4 is 5.78 Å². The second-order valence-electron chi connectivity index (χ2n) is 4.15. The summed E-state index contributed by atoms with van der Waals surface area (Å²) < 4.78 is 0. The Balaban J connectivity index is 1.98. The van der Waals surface area contributed by atoms with Gasteiger partial charge in [-0.1, -0.05) is 12.2 Å². The normalized spacial score (nSPS) is 35.6. The second-order valence-corrected chi connectivity index (χ2v) is 4.15. The van der Waals surface area contributed by atoms with Crippen LogP contribution in [0.5, 0.6) is 0 Å². The van der Waals surface area contributed by atoms with Gasteiger partial charge >= 0.3 is 0 Å². The van der Waals surface area contributed by atoms with Gasteiger partial charge in [0.05, 0.1) is 0 Å². The van der Waals surface area contributed by atoms with E-state index in [1.54, 1.807) is 0 Å². The van der Waals surface area contributed by atoms with Crippen molar-refractivity contribution in [2.75, 3.05) is 6.54 Å². The molecule has 1 aliphatic carbocycles. The SMILES string of the molecule is CC1CC(=O)CCN1C1C=CCC1. The number of ketones is 1. The number of hydrogen-bond acceptors (Lipinski definition) is 2. The molecule has 13 heavy (non-hydrogen) atoms. The molecule has 0 amide bonds. The lowest BCUT2D eigenvalue weighted by molar-refractivity contribution is -0.123. The Morgan fingerprint density at radius 2 is 2.38 bits per heavy atom. The monoisotopic (exact) mass is 179 g/mol. The highest BCUT2D eigenvalue weighted by molar-refractivity contribution is 5.79. The van der Waals surface area contributed by atoms with Crippen LogP contribution in [0, 0.1) is 0 Å². The molecule has 1 fully saturated rings. The zero-order valence-corrected chi connectivity index (χ0v) is 8.20. The molecule has 0 spiro atoms.